The third-order valence-corrected chi connectivity index (χ3v) is 7.85. The molecular formula is C19H24Cl2N4O4S. The highest BCUT2D eigenvalue weighted by Gasteiger charge is 2.34. The summed E-state index contributed by atoms with van der Waals surface area (Å²) < 4.78 is 30.0. The Labute approximate surface area is 185 Å². The molecule has 1 aromatic carbocycles. The topological polar surface area (TPSA) is 115 Å². The Kier molecular flexibility index (Phi) is 6.18. The molecule has 8 nitrogen and oxygen atoms in total. The van der Waals surface area contributed by atoms with Crippen LogP contribution in [0.25, 0.3) is 10.9 Å². The number of halogens is 2. The Morgan fingerprint density at radius 3 is 2.83 bits per heavy atom. The largest absolute Gasteiger partial charge is 0.481 e. The van der Waals surface area contributed by atoms with E-state index in [1.54, 1.807) is 6.07 Å². The van der Waals surface area contributed by atoms with Gasteiger partial charge in [-0.1, -0.05) is 23.2 Å². The van der Waals surface area contributed by atoms with Crippen LogP contribution in [-0.2, 0) is 28.0 Å². The maximum Gasteiger partial charge on any atom is 0.303 e. The number of piperidine rings is 1. The van der Waals surface area contributed by atoms with Gasteiger partial charge >= 0.3 is 16.2 Å². The summed E-state index contributed by atoms with van der Waals surface area (Å²) in [5.41, 5.74) is 2.42. The first-order chi connectivity index (χ1) is 14.3. The van der Waals surface area contributed by atoms with E-state index in [4.69, 9.17) is 28.3 Å². The lowest BCUT2D eigenvalue weighted by Gasteiger charge is -2.33. The molecule has 30 heavy (non-hydrogen) atoms. The van der Waals surface area contributed by atoms with Crippen LogP contribution >= 0.6 is 23.2 Å². The van der Waals surface area contributed by atoms with Crippen LogP contribution in [0.5, 0.6) is 0 Å². The van der Waals surface area contributed by atoms with Gasteiger partial charge in [0.05, 0.1) is 21.2 Å². The molecule has 4 N–H and O–H groups in total. The first kappa shape index (κ1) is 21.7. The van der Waals surface area contributed by atoms with Crippen molar-refractivity contribution in [3.63, 3.8) is 0 Å². The van der Waals surface area contributed by atoms with Gasteiger partial charge in [-0.05, 0) is 56.3 Å². The predicted molar refractivity (Wildman–Crippen MR) is 117 cm³/mol. The van der Waals surface area contributed by atoms with Crippen LogP contribution < -0.4 is 10.0 Å². The summed E-state index contributed by atoms with van der Waals surface area (Å²) in [5.74, 6) is -0.601. The zero-order valence-corrected chi connectivity index (χ0v) is 18.6. The highest BCUT2D eigenvalue weighted by molar-refractivity contribution is 7.90. The van der Waals surface area contributed by atoms with Crippen molar-refractivity contribution in [2.45, 2.75) is 38.6 Å². The predicted octanol–water partition coefficient (Wildman–Crippen LogP) is 3.35. The minimum absolute atomic E-state index is 0.0230. The lowest BCUT2D eigenvalue weighted by molar-refractivity contribution is -0.137. The lowest BCUT2D eigenvalue weighted by Crippen LogP contribution is -2.45. The van der Waals surface area contributed by atoms with Crippen LogP contribution in [-0.4, -0.2) is 48.4 Å². The third-order valence-electron chi connectivity index (χ3n) is 5.72. The molecule has 0 spiro atoms. The highest BCUT2D eigenvalue weighted by atomic mass is 35.5. The number of carbonyl (C=O) groups is 1. The minimum Gasteiger partial charge on any atom is -0.481 e. The molecule has 1 saturated heterocycles. The van der Waals surface area contributed by atoms with Crippen LogP contribution in [0.1, 0.15) is 36.9 Å². The summed E-state index contributed by atoms with van der Waals surface area (Å²) in [6.07, 6.45) is 2.91. The molecule has 0 radical (unpaired) electrons. The van der Waals surface area contributed by atoms with Crippen LogP contribution in [0.15, 0.2) is 6.07 Å². The molecule has 0 aliphatic carbocycles. The summed E-state index contributed by atoms with van der Waals surface area (Å²) in [7, 11) is -3.70. The number of aromatic nitrogens is 1. The Morgan fingerprint density at radius 2 is 2.13 bits per heavy atom. The van der Waals surface area contributed by atoms with Gasteiger partial charge in [0.2, 0.25) is 0 Å². The first-order valence-corrected chi connectivity index (χ1v) is 12.2. The lowest BCUT2D eigenvalue weighted by atomic mass is 9.99. The standard InChI is InChI=1S/C19H24Cl2N4O4S/c20-13-7-12-10-25(9-11-3-2-6-22-8-11)30(28,29)24-18(12)19-16(13)17(21)14(23-19)4-1-5-15(26)27/h7,11,22-24H,1-6,8-10H2,(H,26,27). The summed E-state index contributed by atoms with van der Waals surface area (Å²) in [4.78, 5) is 14.0. The molecule has 3 heterocycles. The van der Waals surface area contributed by atoms with E-state index >= 15 is 0 Å². The number of benzene rings is 1. The Balaban J connectivity index is 1.66. The number of rotatable bonds is 6. The van der Waals surface area contributed by atoms with E-state index in [0.29, 0.717) is 51.7 Å². The number of aryl methyl sites for hydroxylation is 1. The number of hydrogen-bond acceptors (Lipinski definition) is 4. The third kappa shape index (κ3) is 4.27. The Bertz CT molecular complexity index is 1080. The highest BCUT2D eigenvalue weighted by Crippen LogP contribution is 2.42. The molecule has 4 rings (SSSR count). The first-order valence-electron chi connectivity index (χ1n) is 9.98. The second kappa shape index (κ2) is 8.55. The van der Waals surface area contributed by atoms with Crippen molar-refractivity contribution in [2.75, 3.05) is 24.4 Å². The fourth-order valence-electron chi connectivity index (χ4n) is 4.23. The molecule has 164 valence electrons. The van der Waals surface area contributed by atoms with Gasteiger partial charge < -0.3 is 15.4 Å². The second-order valence-corrected chi connectivity index (χ2v) is 10.4. The summed E-state index contributed by atoms with van der Waals surface area (Å²) in [5, 5.41) is 13.6. The van der Waals surface area contributed by atoms with Gasteiger partial charge in [0.15, 0.2) is 0 Å². The van der Waals surface area contributed by atoms with Gasteiger partial charge in [-0.2, -0.15) is 12.7 Å². The second-order valence-electron chi connectivity index (χ2n) is 7.92. The molecule has 1 fully saturated rings. The number of aliphatic carboxylic acids is 1. The number of H-pyrrole nitrogens is 1. The molecule has 2 aromatic rings. The summed E-state index contributed by atoms with van der Waals surface area (Å²) in [6, 6.07) is 1.76. The van der Waals surface area contributed by atoms with Crippen molar-refractivity contribution in [1.82, 2.24) is 14.6 Å². The number of nitrogens with one attached hydrogen (secondary N) is 3. The zero-order chi connectivity index (χ0) is 21.5. The van der Waals surface area contributed by atoms with Crippen molar-refractivity contribution >= 4 is 56.0 Å². The van der Waals surface area contributed by atoms with Gasteiger partial charge in [0.25, 0.3) is 0 Å². The smallest absolute Gasteiger partial charge is 0.303 e. The van der Waals surface area contributed by atoms with E-state index in [2.05, 4.69) is 15.0 Å². The van der Waals surface area contributed by atoms with Crippen molar-refractivity contribution < 1.29 is 18.3 Å². The number of fused-ring (bicyclic) bond motifs is 3. The maximum atomic E-state index is 12.9. The molecule has 1 aromatic heterocycles. The molecule has 2 aliphatic rings. The molecule has 0 bridgehead atoms. The van der Waals surface area contributed by atoms with Gasteiger partial charge in [-0.3, -0.25) is 9.52 Å². The fraction of sp³-hybridized carbons (Fsp3) is 0.526. The maximum absolute atomic E-state index is 12.9. The Hall–Kier alpha value is -1.52. The van der Waals surface area contributed by atoms with Gasteiger partial charge in [0.1, 0.15) is 0 Å². The number of nitrogens with zero attached hydrogens (tertiary/aromatic N) is 1. The van der Waals surface area contributed by atoms with Crippen LogP contribution in [0.4, 0.5) is 5.69 Å². The van der Waals surface area contributed by atoms with E-state index in [-0.39, 0.29) is 18.9 Å². The molecule has 1 atom stereocenters. The minimum atomic E-state index is -3.70. The van der Waals surface area contributed by atoms with Gasteiger partial charge in [-0.25, -0.2) is 0 Å². The van der Waals surface area contributed by atoms with Crippen molar-refractivity contribution in [3.05, 3.63) is 27.4 Å². The number of carboxylic acid groups (broad SMARTS) is 1. The fourth-order valence-corrected chi connectivity index (χ4v) is 6.27. The zero-order valence-electron chi connectivity index (χ0n) is 16.3. The summed E-state index contributed by atoms with van der Waals surface area (Å²) >= 11 is 13.0. The number of hydrogen-bond donors (Lipinski definition) is 4. The van der Waals surface area contributed by atoms with E-state index < -0.39 is 16.2 Å². The molecule has 1 unspecified atom stereocenters. The average molecular weight is 475 g/mol. The number of carboxylic acids is 1. The van der Waals surface area contributed by atoms with Crippen molar-refractivity contribution in [3.8, 4) is 0 Å². The van der Waals surface area contributed by atoms with Crippen molar-refractivity contribution in [2.24, 2.45) is 5.92 Å². The normalized spacial score (nSPS) is 21.3. The Morgan fingerprint density at radius 1 is 1.33 bits per heavy atom. The van der Waals surface area contributed by atoms with Crippen LogP contribution in [0, 0.1) is 5.92 Å². The molecular weight excluding hydrogens is 451 g/mol. The van der Waals surface area contributed by atoms with E-state index in [1.165, 1.54) is 4.31 Å². The summed E-state index contributed by atoms with van der Waals surface area (Å²) in [6.45, 7) is 2.47. The SMILES string of the molecule is O=C(O)CCCc1[nH]c2c3c(cc(Cl)c2c1Cl)CN(CC1CCCNC1)S(=O)(=O)N3. The quantitative estimate of drug-likeness (QED) is 0.512. The van der Waals surface area contributed by atoms with E-state index in [1.807, 2.05) is 0 Å². The molecule has 0 amide bonds. The van der Waals surface area contributed by atoms with Crippen LogP contribution in [0.3, 0.4) is 0 Å². The number of aromatic amines is 1. The van der Waals surface area contributed by atoms with E-state index in [0.717, 1.165) is 31.5 Å². The van der Waals surface area contributed by atoms with Gasteiger partial charge in [-0.15, -0.1) is 0 Å². The molecule has 11 heteroatoms. The van der Waals surface area contributed by atoms with E-state index in [9.17, 15) is 13.2 Å². The van der Waals surface area contributed by atoms with Crippen LogP contribution in [0.2, 0.25) is 10.0 Å². The average Bonchev–Trinajstić information content (AvgIpc) is 3.01. The molecule has 0 saturated carbocycles. The van der Waals surface area contributed by atoms with Gasteiger partial charge in [0, 0.05) is 30.6 Å². The van der Waals surface area contributed by atoms with Crippen molar-refractivity contribution in [1.29, 1.82) is 0 Å². The number of anilines is 1. The molecule has 2 aliphatic heterocycles. The monoisotopic (exact) mass is 474 g/mol.